The fraction of sp³-hybridized carbons (Fsp3) is 0.500. The van der Waals surface area contributed by atoms with Crippen LogP contribution in [-0.4, -0.2) is 44.2 Å². The van der Waals surface area contributed by atoms with Gasteiger partial charge in [-0.1, -0.05) is 5.16 Å². The van der Waals surface area contributed by atoms with Gasteiger partial charge in [-0.15, -0.1) is 0 Å². The molecule has 0 spiro atoms. The van der Waals surface area contributed by atoms with Crippen molar-refractivity contribution < 1.29 is 29.1 Å². The van der Waals surface area contributed by atoms with Gasteiger partial charge in [0, 0.05) is 13.3 Å². The molecule has 0 saturated carbocycles. The summed E-state index contributed by atoms with van der Waals surface area (Å²) in [5.41, 5.74) is 0. The lowest BCUT2D eigenvalue weighted by molar-refractivity contribution is -0.140. The monoisotopic (exact) mass is 271 g/mol. The van der Waals surface area contributed by atoms with E-state index >= 15 is 0 Å². The van der Waals surface area contributed by atoms with Crippen molar-refractivity contribution in [1.29, 1.82) is 0 Å². The number of carbonyl (C=O) groups is 3. The Morgan fingerprint density at radius 1 is 1.37 bits per heavy atom. The number of hydrogen-bond acceptors (Lipinski definition) is 6. The van der Waals surface area contributed by atoms with Crippen LogP contribution in [0.25, 0.3) is 0 Å². The quantitative estimate of drug-likeness (QED) is 0.619. The summed E-state index contributed by atoms with van der Waals surface area (Å²) in [6, 6.07) is -1.19. The molecule has 19 heavy (non-hydrogen) atoms. The van der Waals surface area contributed by atoms with Gasteiger partial charge >= 0.3 is 11.9 Å². The van der Waals surface area contributed by atoms with Gasteiger partial charge in [-0.2, -0.15) is 4.98 Å². The molecule has 0 aliphatic carbocycles. The van der Waals surface area contributed by atoms with Gasteiger partial charge in [-0.05, 0) is 12.8 Å². The zero-order valence-corrected chi connectivity index (χ0v) is 10.1. The maximum Gasteiger partial charge on any atom is 0.326 e. The van der Waals surface area contributed by atoms with E-state index in [2.05, 4.69) is 20.0 Å². The predicted molar refractivity (Wildman–Crippen MR) is 59.4 cm³/mol. The van der Waals surface area contributed by atoms with E-state index in [0.29, 0.717) is 0 Å². The van der Waals surface area contributed by atoms with E-state index in [1.54, 1.807) is 0 Å². The molecule has 0 saturated heterocycles. The number of nitrogens with zero attached hydrogens (tertiary/aromatic N) is 2. The molecule has 0 aromatic carbocycles. The molecule has 0 aliphatic heterocycles. The van der Waals surface area contributed by atoms with Gasteiger partial charge in [0.2, 0.25) is 5.89 Å². The first-order valence-corrected chi connectivity index (χ1v) is 5.46. The summed E-state index contributed by atoms with van der Waals surface area (Å²) in [5, 5.41) is 22.9. The van der Waals surface area contributed by atoms with E-state index < -0.39 is 23.9 Å². The first-order valence-electron chi connectivity index (χ1n) is 5.46. The highest BCUT2D eigenvalue weighted by Crippen LogP contribution is 2.03. The fourth-order valence-corrected chi connectivity index (χ4v) is 1.33. The molecule has 0 aliphatic rings. The van der Waals surface area contributed by atoms with Crippen LogP contribution in [0.4, 0.5) is 0 Å². The highest BCUT2D eigenvalue weighted by atomic mass is 16.5. The Labute approximate surface area is 107 Å². The number of aromatic nitrogens is 2. The van der Waals surface area contributed by atoms with E-state index in [0.717, 1.165) is 0 Å². The molecule has 9 heteroatoms. The number of carbonyl (C=O) groups excluding carboxylic acids is 1. The molecule has 0 fully saturated rings. The van der Waals surface area contributed by atoms with Crippen LogP contribution in [0.1, 0.15) is 35.8 Å². The standard InChI is InChI=1S/C10H13N3O6/c1-5-11-8(13-19-5)9(16)12-6(10(17)18)3-2-4-7(14)15/h6H,2-4H2,1H3,(H,12,16)(H,14,15)(H,17,18)/t6-/m1/s1. The third kappa shape index (κ3) is 4.74. The van der Waals surface area contributed by atoms with Crippen molar-refractivity contribution in [2.75, 3.05) is 0 Å². The molecule has 9 nitrogen and oxygen atoms in total. The normalized spacial score (nSPS) is 11.8. The van der Waals surface area contributed by atoms with Crippen LogP contribution in [-0.2, 0) is 9.59 Å². The lowest BCUT2D eigenvalue weighted by atomic mass is 10.1. The summed E-state index contributed by atoms with van der Waals surface area (Å²) in [6.07, 6.45) is -0.0248. The number of nitrogens with one attached hydrogen (secondary N) is 1. The lowest BCUT2D eigenvalue weighted by Gasteiger charge is -2.12. The van der Waals surface area contributed by atoms with Crippen LogP contribution in [0.15, 0.2) is 4.52 Å². The van der Waals surface area contributed by atoms with Gasteiger partial charge in [0.1, 0.15) is 6.04 Å². The molecule has 1 rings (SSSR count). The lowest BCUT2D eigenvalue weighted by Crippen LogP contribution is -2.41. The Morgan fingerprint density at radius 2 is 2.05 bits per heavy atom. The number of rotatable bonds is 7. The minimum atomic E-state index is -1.25. The van der Waals surface area contributed by atoms with Crippen molar-refractivity contribution >= 4 is 17.8 Å². The second-order valence-electron chi connectivity index (χ2n) is 3.79. The molecule has 104 valence electrons. The van der Waals surface area contributed by atoms with Crippen LogP contribution in [0.2, 0.25) is 0 Å². The first-order chi connectivity index (χ1) is 8.90. The fourth-order valence-electron chi connectivity index (χ4n) is 1.33. The largest absolute Gasteiger partial charge is 0.481 e. The first kappa shape index (κ1) is 14.6. The SMILES string of the molecule is Cc1nc(C(=O)N[C@H](CCCC(=O)O)C(=O)O)no1. The van der Waals surface area contributed by atoms with Crippen molar-refractivity contribution in [3.63, 3.8) is 0 Å². The summed E-state index contributed by atoms with van der Waals surface area (Å²) in [4.78, 5) is 36.5. The topological polar surface area (TPSA) is 143 Å². The van der Waals surface area contributed by atoms with Crippen molar-refractivity contribution in [1.82, 2.24) is 15.5 Å². The van der Waals surface area contributed by atoms with Gasteiger partial charge in [0.25, 0.3) is 11.7 Å². The van der Waals surface area contributed by atoms with Crippen LogP contribution in [0, 0.1) is 6.92 Å². The maximum absolute atomic E-state index is 11.6. The second kappa shape index (κ2) is 6.47. The van der Waals surface area contributed by atoms with E-state index in [1.165, 1.54) is 6.92 Å². The second-order valence-corrected chi connectivity index (χ2v) is 3.79. The van der Waals surface area contributed by atoms with Crippen molar-refractivity contribution in [3.8, 4) is 0 Å². The van der Waals surface area contributed by atoms with Crippen molar-refractivity contribution in [2.45, 2.75) is 32.2 Å². The Kier molecular flexibility index (Phi) is 4.98. The molecular formula is C10H13N3O6. The molecule has 0 radical (unpaired) electrons. The van der Waals surface area contributed by atoms with Crippen LogP contribution < -0.4 is 5.32 Å². The minimum absolute atomic E-state index is 0.00417. The molecule has 3 N–H and O–H groups in total. The van der Waals surface area contributed by atoms with E-state index in [4.69, 9.17) is 10.2 Å². The van der Waals surface area contributed by atoms with E-state index in [1.807, 2.05) is 0 Å². The average Bonchev–Trinajstić information content (AvgIpc) is 2.73. The highest BCUT2D eigenvalue weighted by molar-refractivity contribution is 5.93. The van der Waals surface area contributed by atoms with Gasteiger partial charge in [0.05, 0.1) is 0 Å². The molecule has 1 amide bonds. The summed E-state index contributed by atoms with van der Waals surface area (Å²) < 4.78 is 4.59. The zero-order chi connectivity index (χ0) is 14.4. The van der Waals surface area contributed by atoms with Gasteiger partial charge in [0.15, 0.2) is 0 Å². The zero-order valence-electron chi connectivity index (χ0n) is 10.1. The Bertz CT molecular complexity index is 483. The molecule has 1 aromatic heterocycles. The molecule has 1 aromatic rings. The summed E-state index contributed by atoms with van der Waals surface area (Å²) in [7, 11) is 0. The van der Waals surface area contributed by atoms with Crippen molar-refractivity contribution in [2.24, 2.45) is 0 Å². The average molecular weight is 271 g/mol. The summed E-state index contributed by atoms with van der Waals surface area (Å²) in [5.74, 6) is -3.13. The van der Waals surface area contributed by atoms with Gasteiger partial charge in [-0.25, -0.2) is 4.79 Å². The number of amides is 1. The summed E-state index contributed by atoms with van der Waals surface area (Å²) >= 11 is 0. The minimum Gasteiger partial charge on any atom is -0.481 e. The third-order valence-electron chi connectivity index (χ3n) is 2.22. The maximum atomic E-state index is 11.6. The molecular weight excluding hydrogens is 258 g/mol. The number of carboxylic acid groups (broad SMARTS) is 2. The Hall–Kier alpha value is -2.45. The van der Waals surface area contributed by atoms with Gasteiger partial charge in [-0.3, -0.25) is 9.59 Å². The smallest absolute Gasteiger partial charge is 0.326 e. The molecule has 1 heterocycles. The van der Waals surface area contributed by atoms with E-state index in [9.17, 15) is 14.4 Å². The number of aryl methyl sites for hydroxylation is 1. The number of aliphatic carboxylic acids is 2. The number of hydrogen-bond donors (Lipinski definition) is 3. The number of carboxylic acids is 2. The van der Waals surface area contributed by atoms with Crippen LogP contribution >= 0.6 is 0 Å². The van der Waals surface area contributed by atoms with Crippen LogP contribution in [0.5, 0.6) is 0 Å². The van der Waals surface area contributed by atoms with Gasteiger partial charge < -0.3 is 20.1 Å². The molecule has 0 unspecified atom stereocenters. The van der Waals surface area contributed by atoms with Crippen molar-refractivity contribution in [3.05, 3.63) is 11.7 Å². The molecule has 0 bridgehead atoms. The van der Waals surface area contributed by atoms with Crippen LogP contribution in [0.3, 0.4) is 0 Å². The third-order valence-corrected chi connectivity index (χ3v) is 2.22. The Morgan fingerprint density at radius 3 is 2.53 bits per heavy atom. The highest BCUT2D eigenvalue weighted by Gasteiger charge is 2.23. The predicted octanol–water partition coefficient (Wildman–Crippen LogP) is -0.184. The summed E-state index contributed by atoms with van der Waals surface area (Å²) in [6.45, 7) is 1.49. The molecule has 1 atom stereocenters. The Balaban J connectivity index is 2.55. The van der Waals surface area contributed by atoms with E-state index in [-0.39, 0.29) is 31.0 Å².